The van der Waals surface area contributed by atoms with Gasteiger partial charge in [0.15, 0.2) is 11.8 Å². The van der Waals surface area contributed by atoms with E-state index in [4.69, 9.17) is 0 Å². The molecule has 1 aromatic rings. The van der Waals surface area contributed by atoms with Crippen LogP contribution in [0.4, 0.5) is 0 Å². The summed E-state index contributed by atoms with van der Waals surface area (Å²) in [6, 6.07) is 8.85. The van der Waals surface area contributed by atoms with Gasteiger partial charge in [-0.05, 0) is 29.4 Å². The molecule has 0 atom stereocenters. The Bertz CT molecular complexity index is 444. The molecule has 1 rings (SSSR count). The lowest BCUT2D eigenvalue weighted by molar-refractivity contribution is -0.532. The van der Waals surface area contributed by atoms with Crippen LogP contribution in [0.3, 0.4) is 0 Å². The van der Waals surface area contributed by atoms with Crippen molar-refractivity contribution in [2.75, 3.05) is 0 Å². The Morgan fingerprint density at radius 3 is 2.00 bits per heavy atom. The minimum Gasteiger partial charge on any atom is -0.624 e. The SMILES string of the molecule is CC(C)(C)c1ccc(CCCC=[N+]([O-])C(C)(C)C)cc1. The van der Waals surface area contributed by atoms with E-state index in [9.17, 15) is 5.21 Å². The summed E-state index contributed by atoms with van der Waals surface area (Å²) in [5, 5.41) is 11.7. The van der Waals surface area contributed by atoms with E-state index >= 15 is 0 Å². The first-order valence-corrected chi connectivity index (χ1v) is 7.50. The second kappa shape index (κ2) is 6.43. The van der Waals surface area contributed by atoms with Crippen LogP contribution >= 0.6 is 0 Å². The Kier molecular flexibility index (Phi) is 5.38. The van der Waals surface area contributed by atoms with Gasteiger partial charge in [0.2, 0.25) is 0 Å². The van der Waals surface area contributed by atoms with Crippen molar-refractivity contribution in [3.05, 3.63) is 40.6 Å². The Hall–Kier alpha value is -1.31. The minimum atomic E-state index is -0.325. The maximum absolute atomic E-state index is 11.7. The van der Waals surface area contributed by atoms with E-state index in [2.05, 4.69) is 45.0 Å². The second-order valence-corrected chi connectivity index (χ2v) is 7.52. The van der Waals surface area contributed by atoms with Crippen LogP contribution in [-0.2, 0) is 11.8 Å². The summed E-state index contributed by atoms with van der Waals surface area (Å²) in [6.45, 7) is 12.5. The molecule has 0 aliphatic rings. The summed E-state index contributed by atoms with van der Waals surface area (Å²) in [4.78, 5) is 0. The van der Waals surface area contributed by atoms with Gasteiger partial charge in [-0.2, -0.15) is 0 Å². The van der Waals surface area contributed by atoms with Gasteiger partial charge in [0, 0.05) is 27.2 Å². The molecule has 0 fully saturated rings. The van der Waals surface area contributed by atoms with E-state index in [1.807, 2.05) is 20.8 Å². The molecule has 0 saturated heterocycles. The summed E-state index contributed by atoms with van der Waals surface area (Å²) < 4.78 is 1.07. The van der Waals surface area contributed by atoms with Crippen LogP contribution in [0.15, 0.2) is 24.3 Å². The molecule has 0 aliphatic heterocycles. The van der Waals surface area contributed by atoms with Gasteiger partial charge in [0.05, 0.1) is 0 Å². The van der Waals surface area contributed by atoms with Crippen molar-refractivity contribution in [1.82, 2.24) is 0 Å². The zero-order chi connectivity index (χ0) is 15.4. The molecule has 0 aromatic heterocycles. The van der Waals surface area contributed by atoms with E-state index in [0.29, 0.717) is 0 Å². The van der Waals surface area contributed by atoms with E-state index in [1.54, 1.807) is 6.21 Å². The summed E-state index contributed by atoms with van der Waals surface area (Å²) >= 11 is 0. The lowest BCUT2D eigenvalue weighted by Crippen LogP contribution is -2.29. The number of rotatable bonds is 4. The predicted octanol–water partition coefficient (Wildman–Crippen LogP) is 4.69. The highest BCUT2D eigenvalue weighted by Crippen LogP contribution is 2.22. The quantitative estimate of drug-likeness (QED) is 0.257. The van der Waals surface area contributed by atoms with Crippen LogP contribution < -0.4 is 0 Å². The Labute approximate surface area is 124 Å². The maximum Gasteiger partial charge on any atom is 0.164 e. The summed E-state index contributed by atoms with van der Waals surface area (Å²) in [6.07, 6.45) is 4.65. The van der Waals surface area contributed by atoms with Crippen molar-refractivity contribution < 1.29 is 4.74 Å². The van der Waals surface area contributed by atoms with Crippen molar-refractivity contribution in [3.8, 4) is 0 Å². The Morgan fingerprint density at radius 1 is 1.00 bits per heavy atom. The number of aryl methyl sites for hydroxylation is 1. The number of hydroxylamine groups is 1. The van der Waals surface area contributed by atoms with Crippen molar-refractivity contribution in [2.24, 2.45) is 0 Å². The molecule has 0 N–H and O–H groups in total. The third kappa shape index (κ3) is 5.36. The molecular formula is C18H29NO. The van der Waals surface area contributed by atoms with Crippen LogP contribution in [0, 0.1) is 5.21 Å². The zero-order valence-corrected chi connectivity index (χ0v) is 13.9. The normalized spacial score (nSPS) is 13.6. The van der Waals surface area contributed by atoms with Gasteiger partial charge in [-0.3, -0.25) is 0 Å². The molecule has 2 heteroatoms. The number of unbranched alkanes of at least 4 members (excludes halogenated alkanes) is 1. The minimum absolute atomic E-state index is 0.210. The first kappa shape index (κ1) is 16.7. The topological polar surface area (TPSA) is 26.1 Å². The van der Waals surface area contributed by atoms with E-state index < -0.39 is 0 Å². The van der Waals surface area contributed by atoms with Gasteiger partial charge in [0.25, 0.3) is 0 Å². The number of hydrogen-bond donors (Lipinski definition) is 0. The summed E-state index contributed by atoms with van der Waals surface area (Å²) in [5.74, 6) is 0. The average Bonchev–Trinajstić information content (AvgIpc) is 2.32. The predicted molar refractivity (Wildman–Crippen MR) is 87.5 cm³/mol. The second-order valence-electron chi connectivity index (χ2n) is 7.52. The van der Waals surface area contributed by atoms with E-state index in [0.717, 1.165) is 24.0 Å². The molecule has 1 aromatic carbocycles. The summed E-state index contributed by atoms with van der Waals surface area (Å²) in [5.41, 5.74) is 2.60. The van der Waals surface area contributed by atoms with Crippen LogP contribution in [0.1, 0.15) is 65.5 Å². The van der Waals surface area contributed by atoms with Crippen molar-refractivity contribution in [2.45, 2.75) is 71.8 Å². The molecule has 0 amide bonds. The number of hydrogen-bond acceptors (Lipinski definition) is 1. The van der Waals surface area contributed by atoms with Crippen molar-refractivity contribution in [3.63, 3.8) is 0 Å². The van der Waals surface area contributed by atoms with Gasteiger partial charge < -0.3 is 5.21 Å². The van der Waals surface area contributed by atoms with Crippen LogP contribution in [0.5, 0.6) is 0 Å². The molecule has 0 bridgehead atoms. The number of nitrogens with zero attached hydrogens (tertiary/aromatic N) is 1. The molecule has 0 radical (unpaired) electrons. The third-order valence-electron chi connectivity index (χ3n) is 3.45. The van der Waals surface area contributed by atoms with Crippen LogP contribution in [0.2, 0.25) is 0 Å². The monoisotopic (exact) mass is 275 g/mol. The standard InChI is InChI=1S/C18H29NO/c1-17(2,3)16-12-10-15(11-13-16)9-7-8-14-19(20)18(4,5)6/h10-14H,7-9H2,1-6H3. The van der Waals surface area contributed by atoms with Crippen LogP contribution in [0.25, 0.3) is 0 Å². The highest BCUT2D eigenvalue weighted by atomic mass is 16.5. The maximum atomic E-state index is 11.7. The number of benzene rings is 1. The molecular weight excluding hydrogens is 246 g/mol. The highest BCUT2D eigenvalue weighted by Gasteiger charge is 2.17. The molecule has 0 heterocycles. The fourth-order valence-electron chi connectivity index (χ4n) is 1.96. The lowest BCUT2D eigenvalue weighted by atomic mass is 9.86. The van der Waals surface area contributed by atoms with Crippen LogP contribution in [-0.4, -0.2) is 16.5 Å². The third-order valence-corrected chi connectivity index (χ3v) is 3.45. The fraction of sp³-hybridized carbons (Fsp3) is 0.611. The summed E-state index contributed by atoms with van der Waals surface area (Å²) in [7, 11) is 0. The van der Waals surface area contributed by atoms with Gasteiger partial charge in [-0.25, -0.2) is 4.74 Å². The van der Waals surface area contributed by atoms with Gasteiger partial charge >= 0.3 is 0 Å². The molecule has 112 valence electrons. The zero-order valence-electron chi connectivity index (χ0n) is 13.9. The largest absolute Gasteiger partial charge is 0.624 e. The van der Waals surface area contributed by atoms with E-state index in [1.165, 1.54) is 11.1 Å². The van der Waals surface area contributed by atoms with Gasteiger partial charge in [-0.1, -0.05) is 45.0 Å². The molecule has 0 spiro atoms. The average molecular weight is 275 g/mol. The molecule has 0 aliphatic carbocycles. The first-order valence-electron chi connectivity index (χ1n) is 7.50. The Morgan fingerprint density at radius 2 is 1.55 bits per heavy atom. The van der Waals surface area contributed by atoms with Crippen molar-refractivity contribution in [1.29, 1.82) is 0 Å². The van der Waals surface area contributed by atoms with Gasteiger partial charge in [-0.15, -0.1) is 0 Å². The van der Waals surface area contributed by atoms with Gasteiger partial charge in [0.1, 0.15) is 0 Å². The first-order chi connectivity index (χ1) is 9.10. The fourth-order valence-corrected chi connectivity index (χ4v) is 1.96. The highest BCUT2D eigenvalue weighted by molar-refractivity contribution is 5.51. The molecule has 20 heavy (non-hydrogen) atoms. The molecule has 0 unspecified atom stereocenters. The van der Waals surface area contributed by atoms with E-state index in [-0.39, 0.29) is 11.0 Å². The molecule has 2 nitrogen and oxygen atoms in total. The lowest BCUT2D eigenvalue weighted by Gasteiger charge is -2.19. The molecule has 0 saturated carbocycles. The Balaban J connectivity index is 2.48. The van der Waals surface area contributed by atoms with Crippen molar-refractivity contribution >= 4 is 6.21 Å². The smallest absolute Gasteiger partial charge is 0.164 e.